The van der Waals surface area contributed by atoms with Gasteiger partial charge in [-0.1, -0.05) is 0 Å². The maximum Gasteiger partial charge on any atom is 0.243 e. The largest absolute Gasteiger partial charge is 0.373 e. The Hall–Kier alpha value is -1.53. The number of amides is 1. The summed E-state index contributed by atoms with van der Waals surface area (Å²) in [6.45, 7) is 4.85. The van der Waals surface area contributed by atoms with E-state index in [4.69, 9.17) is 4.74 Å². The van der Waals surface area contributed by atoms with Crippen LogP contribution in [0.2, 0.25) is 0 Å². The van der Waals surface area contributed by atoms with E-state index in [-0.39, 0.29) is 29.6 Å². The van der Waals surface area contributed by atoms with Crippen LogP contribution in [0.5, 0.6) is 0 Å². The van der Waals surface area contributed by atoms with Crippen molar-refractivity contribution in [2.45, 2.75) is 43.8 Å². The molecule has 30 heavy (non-hydrogen) atoms. The second-order valence-electron chi connectivity index (χ2n) is 8.05. The number of morpholine rings is 1. The van der Waals surface area contributed by atoms with Gasteiger partial charge < -0.3 is 10.1 Å². The molecule has 2 saturated heterocycles. The summed E-state index contributed by atoms with van der Waals surface area (Å²) < 4.78 is 57.6. The van der Waals surface area contributed by atoms with Gasteiger partial charge in [-0.25, -0.2) is 21.1 Å². The Morgan fingerprint density at radius 2 is 1.60 bits per heavy atom. The minimum Gasteiger partial charge on any atom is -0.373 e. The van der Waals surface area contributed by atoms with Crippen molar-refractivity contribution in [3.63, 3.8) is 0 Å². The van der Waals surface area contributed by atoms with E-state index in [1.54, 1.807) is 12.1 Å². The number of nitrogens with zero attached hydrogens (tertiary/aromatic N) is 2. The molecule has 2 heterocycles. The molecule has 1 amide bonds. The Morgan fingerprint density at radius 3 is 2.17 bits per heavy atom. The first kappa shape index (κ1) is 23.1. The molecule has 0 bridgehead atoms. The number of piperidine rings is 1. The van der Waals surface area contributed by atoms with Crippen LogP contribution in [-0.4, -0.2) is 76.0 Å². The summed E-state index contributed by atoms with van der Waals surface area (Å²) in [5.41, 5.74) is 0.471. The first-order valence-electron chi connectivity index (χ1n) is 9.98. The van der Waals surface area contributed by atoms with E-state index in [1.165, 1.54) is 20.7 Å². The minimum atomic E-state index is -3.65. The summed E-state index contributed by atoms with van der Waals surface area (Å²) in [4.78, 5) is 12.7. The van der Waals surface area contributed by atoms with Crippen molar-refractivity contribution in [3.05, 3.63) is 24.3 Å². The Kier molecular flexibility index (Phi) is 6.87. The minimum absolute atomic E-state index is 0.155. The number of rotatable bonds is 5. The van der Waals surface area contributed by atoms with Crippen molar-refractivity contribution >= 4 is 31.6 Å². The van der Waals surface area contributed by atoms with E-state index in [0.29, 0.717) is 38.2 Å². The Morgan fingerprint density at radius 1 is 1.00 bits per heavy atom. The molecule has 0 saturated carbocycles. The molecule has 1 aromatic carbocycles. The number of nitrogens with one attached hydrogen (secondary N) is 1. The zero-order valence-electron chi connectivity index (χ0n) is 17.4. The van der Waals surface area contributed by atoms with Crippen LogP contribution in [-0.2, 0) is 29.6 Å². The van der Waals surface area contributed by atoms with Gasteiger partial charge in [-0.2, -0.15) is 4.31 Å². The maximum atomic E-state index is 12.9. The number of anilines is 1. The fraction of sp³-hybridized carbons (Fsp3) is 0.632. The molecule has 0 aromatic heterocycles. The molecule has 2 aliphatic heterocycles. The van der Waals surface area contributed by atoms with Crippen LogP contribution in [0, 0.1) is 5.92 Å². The van der Waals surface area contributed by atoms with Crippen LogP contribution in [0.25, 0.3) is 0 Å². The third-order valence-electron chi connectivity index (χ3n) is 5.37. The average molecular weight is 460 g/mol. The van der Waals surface area contributed by atoms with Gasteiger partial charge in [-0.05, 0) is 51.0 Å². The molecular weight excluding hydrogens is 430 g/mol. The van der Waals surface area contributed by atoms with Crippen LogP contribution < -0.4 is 5.32 Å². The smallest absolute Gasteiger partial charge is 0.243 e. The monoisotopic (exact) mass is 459 g/mol. The van der Waals surface area contributed by atoms with Crippen molar-refractivity contribution in [3.8, 4) is 0 Å². The van der Waals surface area contributed by atoms with Crippen LogP contribution in [0.1, 0.15) is 26.7 Å². The molecule has 3 unspecified atom stereocenters. The lowest BCUT2D eigenvalue weighted by Gasteiger charge is -2.34. The number of carbonyl (C=O) groups excluding carboxylic acids is 1. The number of hydrogen-bond donors (Lipinski definition) is 1. The van der Waals surface area contributed by atoms with Gasteiger partial charge in [0.05, 0.1) is 29.3 Å². The van der Waals surface area contributed by atoms with Gasteiger partial charge in [0.1, 0.15) is 0 Å². The summed E-state index contributed by atoms with van der Waals surface area (Å²) in [5, 5.41) is 2.77. The van der Waals surface area contributed by atoms with Crippen LogP contribution in [0.15, 0.2) is 29.2 Å². The summed E-state index contributed by atoms with van der Waals surface area (Å²) in [6, 6.07) is 6.04. The van der Waals surface area contributed by atoms with Crippen molar-refractivity contribution in [1.82, 2.24) is 8.61 Å². The molecule has 1 N–H and O–H groups in total. The van der Waals surface area contributed by atoms with Gasteiger partial charge in [-0.15, -0.1) is 0 Å². The number of carbonyl (C=O) groups is 1. The number of benzene rings is 1. The number of ether oxygens (including phenoxy) is 1. The normalized spacial score (nSPS) is 27.0. The highest BCUT2D eigenvalue weighted by Gasteiger charge is 2.33. The molecule has 1 aromatic rings. The highest BCUT2D eigenvalue weighted by atomic mass is 32.2. The molecule has 0 radical (unpaired) electrons. The summed E-state index contributed by atoms with van der Waals surface area (Å²) in [7, 11) is -6.98. The van der Waals surface area contributed by atoms with Crippen LogP contribution in [0.4, 0.5) is 5.69 Å². The predicted octanol–water partition coefficient (Wildman–Crippen LogP) is 1.09. The number of hydrogen-bond acceptors (Lipinski definition) is 6. The Balaban J connectivity index is 1.66. The third kappa shape index (κ3) is 5.38. The molecule has 2 aliphatic rings. The Labute approximate surface area is 178 Å². The second-order valence-corrected chi connectivity index (χ2v) is 12.0. The highest BCUT2D eigenvalue weighted by molar-refractivity contribution is 7.89. The van der Waals surface area contributed by atoms with E-state index in [0.717, 1.165) is 6.26 Å². The van der Waals surface area contributed by atoms with Gasteiger partial charge in [0.25, 0.3) is 0 Å². The standard InChI is InChI=1S/C19H29N3O6S2/c1-14-11-22(12-15(2)28-14)30(26,27)18-8-6-17(7-9-18)20-19(23)16-5-4-10-21(13-16)29(3,24)25/h6-9,14-16H,4-5,10-13H2,1-3H3,(H,20,23). The molecular formula is C19H29N3O6S2. The van der Waals surface area contributed by atoms with Crippen LogP contribution >= 0.6 is 0 Å². The fourth-order valence-corrected chi connectivity index (χ4v) is 6.39. The fourth-order valence-electron chi connectivity index (χ4n) is 3.89. The molecule has 168 valence electrons. The van der Waals surface area contributed by atoms with Crippen molar-refractivity contribution in [2.24, 2.45) is 5.92 Å². The third-order valence-corrected chi connectivity index (χ3v) is 8.49. The second kappa shape index (κ2) is 8.91. The van der Waals surface area contributed by atoms with Crippen LogP contribution in [0.3, 0.4) is 0 Å². The molecule has 0 aliphatic carbocycles. The van der Waals surface area contributed by atoms with Crippen molar-refractivity contribution < 1.29 is 26.4 Å². The summed E-state index contributed by atoms with van der Waals surface area (Å²) in [5.74, 6) is -0.706. The zero-order valence-corrected chi connectivity index (χ0v) is 19.1. The summed E-state index contributed by atoms with van der Waals surface area (Å²) >= 11 is 0. The molecule has 11 heteroatoms. The zero-order chi connectivity index (χ0) is 22.1. The van der Waals surface area contributed by atoms with Crippen molar-refractivity contribution in [2.75, 3.05) is 37.8 Å². The van der Waals surface area contributed by atoms with E-state index in [1.807, 2.05) is 13.8 Å². The first-order chi connectivity index (χ1) is 14.0. The van der Waals surface area contributed by atoms with E-state index in [9.17, 15) is 21.6 Å². The van der Waals surface area contributed by atoms with E-state index < -0.39 is 26.0 Å². The van der Waals surface area contributed by atoms with E-state index in [2.05, 4.69) is 5.32 Å². The topological polar surface area (TPSA) is 113 Å². The van der Waals surface area contributed by atoms with Gasteiger partial charge in [0, 0.05) is 31.9 Å². The van der Waals surface area contributed by atoms with Gasteiger partial charge in [-0.3, -0.25) is 4.79 Å². The lowest BCUT2D eigenvalue weighted by Crippen LogP contribution is -2.48. The quantitative estimate of drug-likeness (QED) is 0.705. The molecule has 3 rings (SSSR count). The number of sulfonamides is 2. The van der Waals surface area contributed by atoms with Crippen molar-refractivity contribution in [1.29, 1.82) is 0 Å². The molecule has 9 nitrogen and oxygen atoms in total. The Bertz CT molecular complexity index is 968. The van der Waals surface area contributed by atoms with Gasteiger partial charge >= 0.3 is 0 Å². The average Bonchev–Trinajstić information content (AvgIpc) is 2.67. The van der Waals surface area contributed by atoms with Gasteiger partial charge in [0.15, 0.2) is 0 Å². The summed E-state index contributed by atoms with van der Waals surface area (Å²) in [6.07, 6.45) is 2.02. The SMILES string of the molecule is CC1CN(S(=O)(=O)c2ccc(NC(=O)C3CCCN(S(C)(=O)=O)C3)cc2)CC(C)O1. The van der Waals surface area contributed by atoms with Gasteiger partial charge in [0.2, 0.25) is 26.0 Å². The lowest BCUT2D eigenvalue weighted by molar-refractivity contribution is -0.120. The maximum absolute atomic E-state index is 12.9. The molecule has 3 atom stereocenters. The molecule has 0 spiro atoms. The molecule has 2 fully saturated rings. The predicted molar refractivity (Wildman–Crippen MR) is 113 cm³/mol. The first-order valence-corrected chi connectivity index (χ1v) is 13.3. The lowest BCUT2D eigenvalue weighted by atomic mass is 9.99. The van der Waals surface area contributed by atoms with E-state index >= 15 is 0 Å². The highest BCUT2D eigenvalue weighted by Crippen LogP contribution is 2.24.